The van der Waals surface area contributed by atoms with Gasteiger partial charge in [-0.1, -0.05) is 6.07 Å². The van der Waals surface area contributed by atoms with E-state index >= 15 is 0 Å². The molecule has 7 nitrogen and oxygen atoms in total. The van der Waals surface area contributed by atoms with Gasteiger partial charge in [-0.25, -0.2) is 5.84 Å². The fourth-order valence-corrected chi connectivity index (χ4v) is 1.73. The van der Waals surface area contributed by atoms with Crippen LogP contribution in [0, 0.1) is 6.92 Å². The zero-order valence-corrected chi connectivity index (χ0v) is 11.0. The Bertz CT molecular complexity index is 570. The third-order valence-electron chi connectivity index (χ3n) is 2.61. The van der Waals surface area contributed by atoms with Crippen LogP contribution in [-0.4, -0.2) is 22.0 Å². The molecule has 0 aliphatic carbocycles. The number of aromatic nitrogens is 3. The molecule has 0 aromatic carbocycles. The molecule has 19 heavy (non-hydrogen) atoms. The number of rotatable bonds is 4. The predicted molar refractivity (Wildman–Crippen MR) is 75.3 cm³/mol. The lowest BCUT2D eigenvalue weighted by Crippen LogP contribution is -2.20. The summed E-state index contributed by atoms with van der Waals surface area (Å²) in [5, 5.41) is 0. The first-order valence-electron chi connectivity index (χ1n) is 5.83. The molecule has 0 unspecified atom stereocenters. The quantitative estimate of drug-likeness (QED) is 0.547. The summed E-state index contributed by atoms with van der Waals surface area (Å²) in [4.78, 5) is 14.5. The van der Waals surface area contributed by atoms with Crippen LogP contribution in [0.1, 0.15) is 11.4 Å². The van der Waals surface area contributed by atoms with E-state index < -0.39 is 0 Å². The average Bonchev–Trinajstić information content (AvgIpc) is 2.38. The van der Waals surface area contributed by atoms with E-state index in [1.807, 2.05) is 37.1 Å². The van der Waals surface area contributed by atoms with Crippen molar-refractivity contribution in [3.63, 3.8) is 0 Å². The number of anilines is 3. The van der Waals surface area contributed by atoms with Crippen molar-refractivity contribution in [3.05, 3.63) is 35.7 Å². The standard InChI is InChI=1S/C12H17N7/c1-8-4-3-5-9(15-8)7-19(2)11-6-10(18-14)16-12(13)17-11/h3-6H,7,14H2,1-2H3,(H3,13,16,17,18). The molecule has 2 heterocycles. The number of hydrazine groups is 1. The van der Waals surface area contributed by atoms with Crippen molar-refractivity contribution < 1.29 is 0 Å². The highest BCUT2D eigenvalue weighted by Gasteiger charge is 2.08. The Balaban J connectivity index is 2.20. The highest BCUT2D eigenvalue weighted by Crippen LogP contribution is 2.16. The molecule has 0 atom stereocenters. The van der Waals surface area contributed by atoms with Gasteiger partial charge in [0.25, 0.3) is 0 Å². The van der Waals surface area contributed by atoms with E-state index in [4.69, 9.17) is 11.6 Å². The van der Waals surface area contributed by atoms with Crippen LogP contribution in [0.5, 0.6) is 0 Å². The fourth-order valence-electron chi connectivity index (χ4n) is 1.73. The van der Waals surface area contributed by atoms with Crippen molar-refractivity contribution in [2.75, 3.05) is 23.1 Å². The number of hydrogen-bond acceptors (Lipinski definition) is 7. The van der Waals surface area contributed by atoms with Gasteiger partial charge in [0.2, 0.25) is 5.95 Å². The summed E-state index contributed by atoms with van der Waals surface area (Å²) < 4.78 is 0. The third-order valence-corrected chi connectivity index (χ3v) is 2.61. The normalized spacial score (nSPS) is 10.3. The minimum absolute atomic E-state index is 0.175. The van der Waals surface area contributed by atoms with Crippen LogP contribution in [0.3, 0.4) is 0 Å². The van der Waals surface area contributed by atoms with Crippen LogP contribution >= 0.6 is 0 Å². The first kappa shape index (κ1) is 13.0. The number of nitrogens with two attached hydrogens (primary N) is 2. The van der Waals surface area contributed by atoms with Gasteiger partial charge >= 0.3 is 0 Å². The largest absolute Gasteiger partial charge is 0.368 e. The summed E-state index contributed by atoms with van der Waals surface area (Å²) in [5.74, 6) is 6.67. The second kappa shape index (κ2) is 5.49. The molecule has 5 N–H and O–H groups in total. The zero-order chi connectivity index (χ0) is 13.8. The van der Waals surface area contributed by atoms with Crippen LogP contribution in [-0.2, 0) is 6.54 Å². The monoisotopic (exact) mass is 259 g/mol. The molecule has 0 saturated heterocycles. The van der Waals surface area contributed by atoms with Gasteiger partial charge in [0.15, 0.2) is 0 Å². The highest BCUT2D eigenvalue weighted by atomic mass is 15.3. The summed E-state index contributed by atoms with van der Waals surface area (Å²) in [6.45, 7) is 2.59. The van der Waals surface area contributed by atoms with Crippen molar-refractivity contribution in [2.45, 2.75) is 13.5 Å². The Morgan fingerprint density at radius 2 is 2.05 bits per heavy atom. The van der Waals surface area contributed by atoms with E-state index in [0.717, 1.165) is 11.4 Å². The lowest BCUT2D eigenvalue weighted by Gasteiger charge is -2.18. The molecular formula is C12H17N7. The van der Waals surface area contributed by atoms with E-state index in [1.54, 1.807) is 6.07 Å². The van der Waals surface area contributed by atoms with Crippen LogP contribution < -0.4 is 21.9 Å². The Kier molecular flexibility index (Phi) is 3.76. The number of pyridine rings is 1. The third kappa shape index (κ3) is 3.29. The summed E-state index contributed by atoms with van der Waals surface area (Å²) in [6.07, 6.45) is 0. The van der Waals surface area contributed by atoms with Crippen LogP contribution in [0.25, 0.3) is 0 Å². The Labute approximate surface area is 111 Å². The van der Waals surface area contributed by atoms with Crippen molar-refractivity contribution >= 4 is 17.6 Å². The van der Waals surface area contributed by atoms with Crippen molar-refractivity contribution in [3.8, 4) is 0 Å². The minimum Gasteiger partial charge on any atom is -0.368 e. The first-order valence-corrected chi connectivity index (χ1v) is 5.83. The van der Waals surface area contributed by atoms with Gasteiger partial charge in [0, 0.05) is 18.8 Å². The van der Waals surface area contributed by atoms with E-state index in [2.05, 4.69) is 20.4 Å². The maximum Gasteiger partial charge on any atom is 0.223 e. The number of nitrogens with one attached hydrogen (secondary N) is 1. The Morgan fingerprint density at radius 3 is 2.74 bits per heavy atom. The van der Waals surface area contributed by atoms with Gasteiger partial charge < -0.3 is 16.1 Å². The molecule has 100 valence electrons. The summed E-state index contributed by atoms with van der Waals surface area (Å²) in [5.41, 5.74) is 10.0. The van der Waals surface area contributed by atoms with E-state index in [-0.39, 0.29) is 5.95 Å². The molecule has 0 aliphatic rings. The van der Waals surface area contributed by atoms with Gasteiger partial charge in [-0.15, -0.1) is 0 Å². The van der Waals surface area contributed by atoms with Crippen molar-refractivity contribution in [2.24, 2.45) is 5.84 Å². The Hall–Kier alpha value is -2.41. The van der Waals surface area contributed by atoms with E-state index in [1.165, 1.54) is 0 Å². The van der Waals surface area contributed by atoms with Crippen molar-refractivity contribution in [1.82, 2.24) is 15.0 Å². The topological polar surface area (TPSA) is 106 Å². The molecule has 0 amide bonds. The molecule has 7 heteroatoms. The maximum absolute atomic E-state index is 5.63. The SMILES string of the molecule is Cc1cccc(CN(C)c2cc(NN)nc(N)n2)n1. The van der Waals surface area contributed by atoms with Gasteiger partial charge in [0.1, 0.15) is 11.6 Å². The predicted octanol–water partition coefficient (Wildman–Crippen LogP) is 0.684. The molecule has 0 bridgehead atoms. The molecule has 2 aromatic rings. The van der Waals surface area contributed by atoms with Gasteiger partial charge in [-0.2, -0.15) is 9.97 Å². The number of aryl methyl sites for hydroxylation is 1. The second-order valence-corrected chi connectivity index (χ2v) is 4.24. The summed E-state index contributed by atoms with van der Waals surface area (Å²) in [7, 11) is 1.91. The molecule has 0 saturated carbocycles. The van der Waals surface area contributed by atoms with Crippen LogP contribution in [0.4, 0.5) is 17.6 Å². The Morgan fingerprint density at radius 1 is 1.26 bits per heavy atom. The second-order valence-electron chi connectivity index (χ2n) is 4.24. The van der Waals surface area contributed by atoms with E-state index in [0.29, 0.717) is 18.2 Å². The van der Waals surface area contributed by atoms with E-state index in [9.17, 15) is 0 Å². The van der Waals surface area contributed by atoms with Crippen LogP contribution in [0.15, 0.2) is 24.3 Å². The first-order chi connectivity index (χ1) is 9.08. The molecular weight excluding hydrogens is 242 g/mol. The lowest BCUT2D eigenvalue weighted by molar-refractivity contribution is 0.856. The maximum atomic E-state index is 5.63. The molecule has 2 rings (SSSR count). The lowest BCUT2D eigenvalue weighted by atomic mass is 10.3. The fraction of sp³-hybridized carbons (Fsp3) is 0.250. The number of hydrogen-bond donors (Lipinski definition) is 3. The molecule has 0 fully saturated rings. The summed E-state index contributed by atoms with van der Waals surface area (Å²) >= 11 is 0. The summed E-state index contributed by atoms with van der Waals surface area (Å²) in [6, 6.07) is 7.64. The minimum atomic E-state index is 0.175. The van der Waals surface area contributed by atoms with Gasteiger partial charge in [-0.05, 0) is 19.1 Å². The van der Waals surface area contributed by atoms with Gasteiger partial charge in [0.05, 0.1) is 12.2 Å². The molecule has 0 spiro atoms. The number of nitrogen functional groups attached to an aromatic ring is 2. The highest BCUT2D eigenvalue weighted by molar-refractivity contribution is 5.51. The molecule has 2 aromatic heterocycles. The molecule has 0 aliphatic heterocycles. The number of nitrogens with zero attached hydrogens (tertiary/aromatic N) is 4. The van der Waals surface area contributed by atoms with Gasteiger partial charge in [-0.3, -0.25) is 4.98 Å². The smallest absolute Gasteiger partial charge is 0.223 e. The average molecular weight is 259 g/mol. The van der Waals surface area contributed by atoms with Crippen LogP contribution in [0.2, 0.25) is 0 Å². The van der Waals surface area contributed by atoms with Crippen molar-refractivity contribution in [1.29, 1.82) is 0 Å². The zero-order valence-electron chi connectivity index (χ0n) is 11.0. The molecule has 0 radical (unpaired) electrons.